The van der Waals surface area contributed by atoms with E-state index in [1.54, 1.807) is 36.4 Å². The van der Waals surface area contributed by atoms with Gasteiger partial charge in [0.25, 0.3) is 15.0 Å². The second-order valence-electron chi connectivity index (χ2n) is 8.63. The van der Waals surface area contributed by atoms with Crippen molar-refractivity contribution < 1.29 is 29.6 Å². The van der Waals surface area contributed by atoms with Gasteiger partial charge >= 0.3 is 10.2 Å². The topological polar surface area (TPSA) is 206 Å². The molecule has 0 amide bonds. The van der Waals surface area contributed by atoms with Crippen molar-refractivity contribution in [3.05, 3.63) is 60.7 Å². The summed E-state index contributed by atoms with van der Waals surface area (Å²) in [5, 5.41) is 11.6. The average Bonchev–Trinajstić information content (AvgIpc) is 3.66. The highest BCUT2D eigenvalue weighted by molar-refractivity contribution is 7.91. The summed E-state index contributed by atoms with van der Waals surface area (Å²) in [7, 11) is -14.4. The molecule has 1 heterocycles. The van der Waals surface area contributed by atoms with E-state index in [1.165, 1.54) is 24.3 Å². The fourth-order valence-corrected chi connectivity index (χ4v) is 7.39. The number of anilines is 2. The Hall–Kier alpha value is -2.83. The summed E-state index contributed by atoms with van der Waals surface area (Å²) in [6.07, 6.45) is 0.678. The Morgan fingerprint density at radius 3 is 1.95 bits per heavy atom. The van der Waals surface area contributed by atoms with Gasteiger partial charge in [0, 0.05) is 11.4 Å². The minimum absolute atomic E-state index is 0.0495. The zero-order valence-corrected chi connectivity index (χ0v) is 21.7. The lowest BCUT2D eigenvalue weighted by Crippen LogP contribution is -2.80. The molecule has 1 aliphatic carbocycles. The van der Waals surface area contributed by atoms with Crippen molar-refractivity contribution in [1.82, 2.24) is 9.03 Å². The maximum atomic E-state index is 16.9. The maximum Gasteiger partial charge on any atom is 0.303 e. The summed E-state index contributed by atoms with van der Waals surface area (Å²) in [6.45, 7) is -2.28. The molecule has 1 aliphatic heterocycles. The van der Waals surface area contributed by atoms with Crippen molar-refractivity contribution in [1.29, 1.82) is 0 Å². The molecule has 37 heavy (non-hydrogen) atoms. The van der Waals surface area contributed by atoms with E-state index in [2.05, 4.69) is 20.3 Å². The van der Waals surface area contributed by atoms with Crippen molar-refractivity contribution in [2.75, 3.05) is 23.7 Å². The van der Waals surface area contributed by atoms with Gasteiger partial charge in [-0.25, -0.2) is 41.2 Å². The van der Waals surface area contributed by atoms with Crippen LogP contribution in [-0.4, -0.2) is 64.5 Å². The normalized spacial score (nSPS) is 24.8. The maximum absolute atomic E-state index is 16.9. The smallest absolute Gasteiger partial charge is 0.303 e. The fourth-order valence-electron chi connectivity index (χ4n) is 3.96. The molecule has 4 rings (SSSR count). The average molecular weight is 576 g/mol. The largest absolute Gasteiger partial charge is 0.357 e. The summed E-state index contributed by atoms with van der Waals surface area (Å²) < 4.78 is 96.3. The molecule has 13 nitrogen and oxygen atoms in total. The number of primary sulfonamides is 1. The molecule has 2 aromatic carbocycles. The predicted molar refractivity (Wildman–Crippen MR) is 137 cm³/mol. The molecule has 7 N–H and O–H groups in total. The number of hydrogen-bond acceptors (Lipinski definition) is 9. The second-order valence-corrected chi connectivity index (χ2v) is 13.8. The fraction of sp³-hybridized carbons (Fsp3) is 0.350. The third-order valence-electron chi connectivity index (χ3n) is 5.94. The highest BCUT2D eigenvalue weighted by Gasteiger charge is 2.69. The monoisotopic (exact) mass is 575 g/mol. The number of para-hydroxylation sites is 2. The first-order chi connectivity index (χ1) is 17.2. The molecule has 2 aliphatic rings. The van der Waals surface area contributed by atoms with E-state index in [9.17, 15) is 25.3 Å². The van der Waals surface area contributed by atoms with Crippen LogP contribution in [0.1, 0.15) is 12.8 Å². The minimum Gasteiger partial charge on any atom is -0.357 e. The molecule has 0 bridgehead atoms. The zero-order chi connectivity index (χ0) is 27.1. The molecular weight excluding hydrogens is 549 g/mol. The summed E-state index contributed by atoms with van der Waals surface area (Å²) in [4.78, 5) is 3.84. The number of sulfonamides is 2. The van der Waals surface area contributed by atoms with Gasteiger partial charge in [-0.1, -0.05) is 36.4 Å². The standard InChI is InChI=1S/C20H26FN7O6S3/c21-19(36(22,31)32)13-24-18(26-15-7-3-1-4-8-15)28(37(23,33)34)20(19,27-16-9-5-2-6-10-16)14-25-35(29,30)17-11-12-17/h1-10,17,25,27H,11-14H2,(H,24,26)(H2,22,31,32)(H2,23,33,34). The van der Waals surface area contributed by atoms with Crippen LogP contribution in [0.3, 0.4) is 0 Å². The molecule has 1 fully saturated rings. The third-order valence-corrected chi connectivity index (χ3v) is 10.2. The van der Waals surface area contributed by atoms with Gasteiger partial charge in [0.15, 0.2) is 5.66 Å². The Morgan fingerprint density at radius 1 is 0.919 bits per heavy atom. The number of rotatable bonds is 9. The van der Waals surface area contributed by atoms with Gasteiger partial charge in [0.1, 0.15) is 0 Å². The number of guanidine groups is 1. The van der Waals surface area contributed by atoms with Crippen LogP contribution >= 0.6 is 0 Å². The first kappa shape index (κ1) is 27.2. The molecule has 0 radical (unpaired) electrons. The van der Waals surface area contributed by atoms with Crippen LogP contribution in [0.15, 0.2) is 65.7 Å². The quantitative estimate of drug-likeness (QED) is 0.270. The van der Waals surface area contributed by atoms with Gasteiger partial charge < -0.3 is 10.6 Å². The summed E-state index contributed by atoms with van der Waals surface area (Å²) >= 11 is 0. The van der Waals surface area contributed by atoms with E-state index < -0.39 is 65.2 Å². The van der Waals surface area contributed by atoms with Crippen LogP contribution < -0.4 is 25.6 Å². The number of alkyl halides is 1. The molecular formula is C20H26FN7O6S3. The SMILES string of the molecule is NS(=O)(=O)N1C(Nc2ccccc2)=NCC(F)(S(N)(=O)=O)C1(CNS(=O)(=O)C1CC1)Nc1ccccc1. The number of aliphatic imine (C=N–C) groups is 1. The first-order valence-corrected chi connectivity index (χ1v) is 15.5. The second kappa shape index (κ2) is 9.48. The number of nitrogens with zero attached hydrogens (tertiary/aromatic N) is 2. The third kappa shape index (κ3) is 5.27. The van der Waals surface area contributed by atoms with Gasteiger partial charge in [0.2, 0.25) is 16.0 Å². The lowest BCUT2D eigenvalue weighted by Gasteiger charge is -2.52. The Kier molecular flexibility index (Phi) is 6.97. The summed E-state index contributed by atoms with van der Waals surface area (Å²) in [5.41, 5.74) is -2.59. The minimum atomic E-state index is -5.28. The van der Waals surface area contributed by atoms with Gasteiger partial charge in [-0.3, -0.25) is 0 Å². The van der Waals surface area contributed by atoms with Crippen LogP contribution in [-0.2, 0) is 30.3 Å². The summed E-state index contributed by atoms with van der Waals surface area (Å²) in [6, 6.07) is 15.5. The van der Waals surface area contributed by atoms with Crippen molar-refractivity contribution in [2.24, 2.45) is 15.3 Å². The summed E-state index contributed by atoms with van der Waals surface area (Å²) in [5.74, 6) is -0.556. The van der Waals surface area contributed by atoms with Crippen molar-refractivity contribution in [3.63, 3.8) is 0 Å². The molecule has 2 atom stereocenters. The molecule has 17 heteroatoms. The van der Waals surface area contributed by atoms with Crippen LogP contribution in [0.5, 0.6) is 0 Å². The lowest BCUT2D eigenvalue weighted by atomic mass is 10.0. The van der Waals surface area contributed by atoms with E-state index in [4.69, 9.17) is 10.3 Å². The van der Waals surface area contributed by atoms with Crippen LogP contribution in [0.25, 0.3) is 0 Å². The van der Waals surface area contributed by atoms with Gasteiger partial charge in [-0.05, 0) is 37.1 Å². The van der Waals surface area contributed by atoms with E-state index in [-0.39, 0.29) is 9.99 Å². The van der Waals surface area contributed by atoms with Crippen molar-refractivity contribution in [2.45, 2.75) is 28.8 Å². The number of nitrogens with one attached hydrogen (secondary N) is 3. The van der Waals surface area contributed by atoms with Crippen LogP contribution in [0.2, 0.25) is 0 Å². The molecule has 0 spiro atoms. The molecule has 0 aromatic heterocycles. The van der Waals surface area contributed by atoms with E-state index >= 15 is 4.39 Å². The highest BCUT2D eigenvalue weighted by atomic mass is 32.2. The number of nitrogens with two attached hydrogens (primary N) is 2. The van der Waals surface area contributed by atoms with E-state index in [0.29, 0.717) is 18.5 Å². The van der Waals surface area contributed by atoms with Crippen LogP contribution in [0, 0.1) is 0 Å². The Balaban J connectivity index is 1.96. The Morgan fingerprint density at radius 2 is 1.46 bits per heavy atom. The Bertz CT molecular complexity index is 1500. The molecule has 2 aromatic rings. The first-order valence-electron chi connectivity index (χ1n) is 10.9. The van der Waals surface area contributed by atoms with Gasteiger partial charge in [-0.2, -0.15) is 12.7 Å². The van der Waals surface area contributed by atoms with Crippen molar-refractivity contribution in [3.8, 4) is 0 Å². The van der Waals surface area contributed by atoms with E-state index in [1.807, 2.05) is 0 Å². The zero-order valence-electron chi connectivity index (χ0n) is 19.3. The van der Waals surface area contributed by atoms with Gasteiger partial charge in [0.05, 0.1) is 18.3 Å². The number of halogens is 1. The molecule has 202 valence electrons. The molecule has 0 saturated heterocycles. The van der Waals surface area contributed by atoms with E-state index in [0.717, 1.165) is 0 Å². The Labute approximate surface area is 214 Å². The highest BCUT2D eigenvalue weighted by Crippen LogP contribution is 2.42. The predicted octanol–water partition coefficient (Wildman–Crippen LogP) is -0.182. The number of benzene rings is 2. The molecule has 2 unspecified atom stereocenters. The van der Waals surface area contributed by atoms with Crippen LogP contribution in [0.4, 0.5) is 15.8 Å². The van der Waals surface area contributed by atoms with Crippen molar-refractivity contribution >= 4 is 47.6 Å². The lowest BCUT2D eigenvalue weighted by molar-refractivity contribution is 0.0938. The number of hydrogen-bond donors (Lipinski definition) is 5. The molecule has 1 saturated carbocycles. The van der Waals surface area contributed by atoms with Gasteiger partial charge in [-0.15, -0.1) is 0 Å².